The normalized spacial score (nSPS) is 10.8. The van der Waals surface area contributed by atoms with Gasteiger partial charge in [-0.2, -0.15) is 10.1 Å². The summed E-state index contributed by atoms with van der Waals surface area (Å²) < 4.78 is 0. The van der Waals surface area contributed by atoms with E-state index in [1.165, 1.54) is 11.1 Å². The predicted molar refractivity (Wildman–Crippen MR) is 96.3 cm³/mol. The number of benzene rings is 1. The van der Waals surface area contributed by atoms with Crippen LogP contribution in [0, 0.1) is 5.92 Å². The molecule has 2 aromatic rings. The van der Waals surface area contributed by atoms with Crippen LogP contribution in [0.4, 0.5) is 17.5 Å². The summed E-state index contributed by atoms with van der Waals surface area (Å²) in [5.74, 6) is 1.96. The Morgan fingerprint density at radius 1 is 1.09 bits per heavy atom. The number of hydrogen-bond donors (Lipinski definition) is 2. The smallest absolute Gasteiger partial charge is 0.249 e. The highest BCUT2D eigenvalue weighted by Crippen LogP contribution is 2.25. The number of nitrogens with one attached hydrogen (secondary N) is 2. The highest BCUT2D eigenvalue weighted by Gasteiger charge is 2.09. The molecule has 0 radical (unpaired) electrons. The molecule has 5 nitrogen and oxygen atoms in total. The molecule has 0 atom stereocenters. The second-order valence-electron chi connectivity index (χ2n) is 6.06. The molecule has 124 valence electrons. The van der Waals surface area contributed by atoms with Gasteiger partial charge >= 0.3 is 0 Å². The lowest BCUT2D eigenvalue weighted by atomic mass is 10.0. The van der Waals surface area contributed by atoms with Gasteiger partial charge in [0.05, 0.1) is 6.20 Å². The van der Waals surface area contributed by atoms with Crippen LogP contribution in [0.1, 0.15) is 45.2 Å². The van der Waals surface area contributed by atoms with Crippen LogP contribution < -0.4 is 10.6 Å². The second-order valence-corrected chi connectivity index (χ2v) is 6.06. The monoisotopic (exact) mass is 313 g/mol. The third-order valence-electron chi connectivity index (χ3n) is 3.82. The fraction of sp³-hybridized carbons (Fsp3) is 0.500. The Kier molecular flexibility index (Phi) is 6.32. The molecule has 0 saturated carbocycles. The summed E-state index contributed by atoms with van der Waals surface area (Å²) in [6.45, 7) is 9.62. The summed E-state index contributed by atoms with van der Waals surface area (Å²) in [5, 5.41) is 14.8. The number of hydrogen-bond acceptors (Lipinski definition) is 5. The lowest BCUT2D eigenvalue weighted by molar-refractivity contribution is 0.606. The first-order valence-electron chi connectivity index (χ1n) is 8.45. The van der Waals surface area contributed by atoms with Crippen LogP contribution in [0.5, 0.6) is 0 Å². The van der Waals surface area contributed by atoms with Gasteiger partial charge in [0, 0.05) is 12.2 Å². The molecule has 0 spiro atoms. The van der Waals surface area contributed by atoms with Crippen LogP contribution in [-0.2, 0) is 12.8 Å². The Morgan fingerprint density at radius 3 is 2.39 bits per heavy atom. The van der Waals surface area contributed by atoms with Gasteiger partial charge in [0.15, 0.2) is 5.82 Å². The van der Waals surface area contributed by atoms with E-state index in [0.717, 1.165) is 37.3 Å². The number of anilines is 3. The first-order valence-corrected chi connectivity index (χ1v) is 8.45. The van der Waals surface area contributed by atoms with Crippen molar-refractivity contribution in [3.8, 4) is 0 Å². The van der Waals surface area contributed by atoms with Gasteiger partial charge in [-0.15, -0.1) is 5.10 Å². The van der Waals surface area contributed by atoms with E-state index in [0.29, 0.717) is 11.9 Å². The predicted octanol–water partition coefficient (Wildman–Crippen LogP) is 4.20. The van der Waals surface area contributed by atoms with Crippen LogP contribution in [0.15, 0.2) is 24.4 Å². The molecule has 2 N–H and O–H groups in total. The van der Waals surface area contributed by atoms with Gasteiger partial charge in [0.2, 0.25) is 5.95 Å². The van der Waals surface area contributed by atoms with E-state index in [4.69, 9.17) is 0 Å². The van der Waals surface area contributed by atoms with E-state index in [9.17, 15) is 0 Å². The van der Waals surface area contributed by atoms with Crippen molar-refractivity contribution in [1.82, 2.24) is 15.2 Å². The molecule has 0 amide bonds. The molecule has 0 aliphatic carbocycles. The van der Waals surface area contributed by atoms with Gasteiger partial charge in [-0.05, 0) is 36.3 Å². The lowest BCUT2D eigenvalue weighted by Gasteiger charge is -2.14. The number of aromatic nitrogens is 3. The lowest BCUT2D eigenvalue weighted by Crippen LogP contribution is -2.09. The molecule has 0 fully saturated rings. The maximum atomic E-state index is 4.52. The van der Waals surface area contributed by atoms with E-state index >= 15 is 0 Å². The first kappa shape index (κ1) is 17.2. The van der Waals surface area contributed by atoms with Crippen molar-refractivity contribution in [2.75, 3.05) is 17.2 Å². The maximum absolute atomic E-state index is 4.52. The zero-order chi connectivity index (χ0) is 16.7. The van der Waals surface area contributed by atoms with Crippen molar-refractivity contribution < 1.29 is 0 Å². The minimum atomic E-state index is 0.537. The Balaban J connectivity index is 2.14. The van der Waals surface area contributed by atoms with E-state index in [-0.39, 0.29) is 0 Å². The number of para-hydroxylation sites is 1. The molecular formula is C18H27N5. The molecule has 5 heteroatoms. The standard InChI is InChI=1S/C18H27N5/c1-5-14-8-7-9-15(6-2)17(14)22-18-21-16(12-20-23-18)19-11-10-13(3)4/h7-9,12-13H,5-6,10-11H2,1-4H3,(H2,19,21,22,23). The molecule has 1 aromatic carbocycles. The zero-order valence-corrected chi connectivity index (χ0v) is 14.6. The van der Waals surface area contributed by atoms with Crippen molar-refractivity contribution in [2.24, 2.45) is 5.92 Å². The Bertz CT molecular complexity index is 602. The van der Waals surface area contributed by atoms with Gasteiger partial charge in [-0.1, -0.05) is 45.9 Å². The van der Waals surface area contributed by atoms with Crippen LogP contribution in [0.25, 0.3) is 0 Å². The maximum Gasteiger partial charge on any atom is 0.249 e. The Hall–Kier alpha value is -2.17. The fourth-order valence-electron chi connectivity index (χ4n) is 2.45. The van der Waals surface area contributed by atoms with Crippen LogP contribution in [0.2, 0.25) is 0 Å². The largest absolute Gasteiger partial charge is 0.369 e. The molecule has 0 aliphatic rings. The fourth-order valence-corrected chi connectivity index (χ4v) is 2.45. The van der Waals surface area contributed by atoms with E-state index in [1.807, 2.05) is 0 Å². The highest BCUT2D eigenvalue weighted by atomic mass is 15.3. The van der Waals surface area contributed by atoms with Crippen LogP contribution in [-0.4, -0.2) is 21.7 Å². The summed E-state index contributed by atoms with van der Waals surface area (Å²) >= 11 is 0. The molecule has 0 saturated heterocycles. The van der Waals surface area contributed by atoms with Crippen molar-refractivity contribution in [1.29, 1.82) is 0 Å². The molecule has 1 aromatic heterocycles. The number of rotatable bonds is 8. The topological polar surface area (TPSA) is 62.7 Å². The van der Waals surface area contributed by atoms with E-state index < -0.39 is 0 Å². The molecule has 2 rings (SSSR count). The Labute approximate surface area is 139 Å². The van der Waals surface area contributed by atoms with Crippen LogP contribution in [0.3, 0.4) is 0 Å². The van der Waals surface area contributed by atoms with Crippen molar-refractivity contribution in [3.05, 3.63) is 35.5 Å². The van der Waals surface area contributed by atoms with Gasteiger partial charge < -0.3 is 10.6 Å². The number of nitrogens with zero attached hydrogens (tertiary/aromatic N) is 3. The zero-order valence-electron chi connectivity index (χ0n) is 14.6. The van der Waals surface area contributed by atoms with E-state index in [2.05, 4.69) is 71.7 Å². The summed E-state index contributed by atoms with van der Waals surface area (Å²) in [4.78, 5) is 4.52. The third kappa shape index (κ3) is 4.91. The molecule has 23 heavy (non-hydrogen) atoms. The Morgan fingerprint density at radius 2 is 1.78 bits per heavy atom. The average Bonchev–Trinajstić information content (AvgIpc) is 2.55. The molecule has 1 heterocycles. The number of aryl methyl sites for hydroxylation is 2. The van der Waals surface area contributed by atoms with Gasteiger partial charge in [0.25, 0.3) is 0 Å². The van der Waals surface area contributed by atoms with Crippen molar-refractivity contribution in [2.45, 2.75) is 47.0 Å². The van der Waals surface area contributed by atoms with E-state index in [1.54, 1.807) is 6.20 Å². The second kappa shape index (κ2) is 8.46. The molecule has 0 bridgehead atoms. The first-order chi connectivity index (χ1) is 11.1. The quantitative estimate of drug-likeness (QED) is 0.765. The summed E-state index contributed by atoms with van der Waals surface area (Å²) in [7, 11) is 0. The van der Waals surface area contributed by atoms with Crippen molar-refractivity contribution in [3.63, 3.8) is 0 Å². The minimum absolute atomic E-state index is 0.537. The summed E-state index contributed by atoms with van der Waals surface area (Å²) in [6.07, 6.45) is 4.70. The average molecular weight is 313 g/mol. The molecule has 0 unspecified atom stereocenters. The van der Waals surface area contributed by atoms with Gasteiger partial charge in [0.1, 0.15) is 0 Å². The van der Waals surface area contributed by atoms with Crippen LogP contribution >= 0.6 is 0 Å². The molecule has 0 aliphatic heterocycles. The summed E-state index contributed by atoms with van der Waals surface area (Å²) in [6, 6.07) is 6.38. The van der Waals surface area contributed by atoms with Gasteiger partial charge in [-0.3, -0.25) is 0 Å². The van der Waals surface area contributed by atoms with Crippen molar-refractivity contribution >= 4 is 17.5 Å². The minimum Gasteiger partial charge on any atom is -0.369 e. The third-order valence-corrected chi connectivity index (χ3v) is 3.82. The summed E-state index contributed by atoms with van der Waals surface area (Å²) in [5.41, 5.74) is 3.65. The highest BCUT2D eigenvalue weighted by molar-refractivity contribution is 5.64. The SMILES string of the molecule is CCc1cccc(CC)c1Nc1nncc(NCCC(C)C)n1. The molecular weight excluding hydrogens is 286 g/mol. The van der Waals surface area contributed by atoms with Gasteiger partial charge in [-0.25, -0.2) is 0 Å².